The third kappa shape index (κ3) is 2.60. The molecule has 2 rings (SSSR count). The number of hydrogen-bond acceptors (Lipinski definition) is 3. The molecule has 0 bridgehead atoms. The third-order valence-electron chi connectivity index (χ3n) is 3.65. The summed E-state index contributed by atoms with van der Waals surface area (Å²) in [6.45, 7) is 5.39. The Morgan fingerprint density at radius 1 is 1.44 bits per heavy atom. The highest BCUT2D eigenvalue weighted by atomic mass is 15.2. The molecule has 0 radical (unpaired) electrons. The van der Waals surface area contributed by atoms with Gasteiger partial charge in [-0.15, -0.1) is 0 Å². The van der Waals surface area contributed by atoms with Gasteiger partial charge in [-0.25, -0.2) is 0 Å². The average molecular weight is 219 g/mol. The van der Waals surface area contributed by atoms with E-state index >= 15 is 0 Å². The third-order valence-corrected chi connectivity index (χ3v) is 3.65. The molecule has 0 spiro atoms. The second-order valence-corrected chi connectivity index (χ2v) is 4.65. The van der Waals surface area contributed by atoms with Gasteiger partial charge in [0.05, 0.1) is 5.69 Å². The van der Waals surface area contributed by atoms with Gasteiger partial charge in [0.15, 0.2) is 0 Å². The number of hydrogen-bond donors (Lipinski definition) is 1. The SMILES string of the molecule is C[C@H](c1ccccn1)N1CCC(CN)CC1. The molecule has 2 N–H and O–H groups in total. The van der Waals surface area contributed by atoms with Gasteiger partial charge in [-0.3, -0.25) is 9.88 Å². The minimum atomic E-state index is 0.430. The van der Waals surface area contributed by atoms with E-state index in [1.165, 1.54) is 18.5 Å². The molecule has 1 aromatic heterocycles. The number of pyridine rings is 1. The summed E-state index contributed by atoms with van der Waals surface area (Å²) in [5, 5.41) is 0. The summed E-state index contributed by atoms with van der Waals surface area (Å²) in [5.74, 6) is 0.729. The van der Waals surface area contributed by atoms with E-state index in [0.717, 1.165) is 25.6 Å². The molecular weight excluding hydrogens is 198 g/mol. The van der Waals surface area contributed by atoms with Crippen LogP contribution in [0.25, 0.3) is 0 Å². The number of nitrogens with zero attached hydrogens (tertiary/aromatic N) is 2. The van der Waals surface area contributed by atoms with Gasteiger partial charge in [0, 0.05) is 12.2 Å². The van der Waals surface area contributed by atoms with E-state index in [-0.39, 0.29) is 0 Å². The number of aromatic nitrogens is 1. The molecule has 1 aromatic rings. The monoisotopic (exact) mass is 219 g/mol. The number of likely N-dealkylation sites (tertiary alicyclic amines) is 1. The van der Waals surface area contributed by atoms with Crippen molar-refractivity contribution in [1.82, 2.24) is 9.88 Å². The summed E-state index contributed by atoms with van der Waals surface area (Å²) in [4.78, 5) is 6.94. The highest BCUT2D eigenvalue weighted by Gasteiger charge is 2.22. The van der Waals surface area contributed by atoms with Crippen molar-refractivity contribution in [2.45, 2.75) is 25.8 Å². The molecule has 1 saturated heterocycles. The zero-order chi connectivity index (χ0) is 11.4. The van der Waals surface area contributed by atoms with Crippen molar-refractivity contribution in [2.75, 3.05) is 19.6 Å². The lowest BCUT2D eigenvalue weighted by molar-refractivity contribution is 0.141. The minimum Gasteiger partial charge on any atom is -0.330 e. The Morgan fingerprint density at radius 2 is 2.19 bits per heavy atom. The van der Waals surface area contributed by atoms with E-state index in [0.29, 0.717) is 6.04 Å². The van der Waals surface area contributed by atoms with Crippen molar-refractivity contribution in [2.24, 2.45) is 11.7 Å². The highest BCUT2D eigenvalue weighted by molar-refractivity contribution is 5.08. The number of piperidine rings is 1. The standard InChI is InChI=1S/C13H21N3/c1-11(13-4-2-3-7-15-13)16-8-5-12(10-14)6-9-16/h2-4,7,11-12H,5-6,8-10,14H2,1H3/t11-/m1/s1. The first-order valence-electron chi connectivity index (χ1n) is 6.16. The van der Waals surface area contributed by atoms with Crippen molar-refractivity contribution in [3.63, 3.8) is 0 Å². The summed E-state index contributed by atoms with van der Waals surface area (Å²) in [6.07, 6.45) is 4.33. The van der Waals surface area contributed by atoms with E-state index in [2.05, 4.69) is 28.9 Å². The largest absolute Gasteiger partial charge is 0.330 e. The van der Waals surface area contributed by atoms with Crippen molar-refractivity contribution in [1.29, 1.82) is 0 Å². The summed E-state index contributed by atoms with van der Waals surface area (Å²) in [5.41, 5.74) is 6.88. The zero-order valence-electron chi connectivity index (χ0n) is 9.97. The number of rotatable bonds is 3. The van der Waals surface area contributed by atoms with Crippen LogP contribution in [-0.4, -0.2) is 29.5 Å². The van der Waals surface area contributed by atoms with Gasteiger partial charge < -0.3 is 5.73 Å². The van der Waals surface area contributed by atoms with Crippen molar-refractivity contribution in [3.8, 4) is 0 Å². The van der Waals surface area contributed by atoms with Gasteiger partial charge in [-0.1, -0.05) is 6.07 Å². The van der Waals surface area contributed by atoms with E-state index in [1.807, 2.05) is 12.3 Å². The Bertz CT molecular complexity index is 304. The zero-order valence-corrected chi connectivity index (χ0v) is 9.97. The molecule has 3 heteroatoms. The van der Waals surface area contributed by atoms with Gasteiger partial charge in [0.2, 0.25) is 0 Å². The molecule has 88 valence electrons. The molecule has 0 unspecified atom stereocenters. The van der Waals surface area contributed by atoms with Gasteiger partial charge in [0.1, 0.15) is 0 Å². The fraction of sp³-hybridized carbons (Fsp3) is 0.615. The second-order valence-electron chi connectivity index (χ2n) is 4.65. The van der Waals surface area contributed by atoms with Gasteiger partial charge in [-0.2, -0.15) is 0 Å². The van der Waals surface area contributed by atoms with Crippen molar-refractivity contribution < 1.29 is 0 Å². The van der Waals surface area contributed by atoms with Gasteiger partial charge in [0.25, 0.3) is 0 Å². The lowest BCUT2D eigenvalue weighted by atomic mass is 9.95. The Kier molecular flexibility index (Phi) is 3.91. The smallest absolute Gasteiger partial charge is 0.0572 e. The van der Waals surface area contributed by atoms with E-state index in [4.69, 9.17) is 5.73 Å². The van der Waals surface area contributed by atoms with Crippen LogP contribution < -0.4 is 5.73 Å². The molecule has 16 heavy (non-hydrogen) atoms. The Hall–Kier alpha value is -0.930. The molecule has 1 aliphatic rings. The molecule has 2 heterocycles. The molecule has 3 nitrogen and oxygen atoms in total. The predicted octanol–water partition coefficient (Wildman–Crippen LogP) is 1.81. The molecule has 0 aromatic carbocycles. The topological polar surface area (TPSA) is 42.2 Å². The van der Waals surface area contributed by atoms with Crippen molar-refractivity contribution in [3.05, 3.63) is 30.1 Å². The first-order valence-corrected chi connectivity index (χ1v) is 6.16. The van der Waals surface area contributed by atoms with Gasteiger partial charge >= 0.3 is 0 Å². The van der Waals surface area contributed by atoms with E-state index in [1.54, 1.807) is 0 Å². The van der Waals surface area contributed by atoms with Crippen molar-refractivity contribution >= 4 is 0 Å². The van der Waals surface area contributed by atoms with Crippen LogP contribution in [0.4, 0.5) is 0 Å². The first-order chi connectivity index (χ1) is 7.81. The molecular formula is C13H21N3. The highest BCUT2D eigenvalue weighted by Crippen LogP contribution is 2.24. The van der Waals surface area contributed by atoms with Crippen LogP contribution in [0.15, 0.2) is 24.4 Å². The Morgan fingerprint density at radius 3 is 2.75 bits per heavy atom. The predicted molar refractivity (Wildman–Crippen MR) is 66.0 cm³/mol. The molecule has 1 atom stereocenters. The average Bonchev–Trinajstić information content (AvgIpc) is 2.39. The lowest BCUT2D eigenvalue weighted by Gasteiger charge is -2.35. The fourth-order valence-electron chi connectivity index (χ4n) is 2.39. The van der Waals surface area contributed by atoms with Crippen LogP contribution in [0.2, 0.25) is 0 Å². The molecule has 0 aliphatic carbocycles. The fourth-order valence-corrected chi connectivity index (χ4v) is 2.39. The summed E-state index contributed by atoms with van der Waals surface area (Å²) < 4.78 is 0. The molecule has 1 aliphatic heterocycles. The van der Waals surface area contributed by atoms with Crippen LogP contribution in [0, 0.1) is 5.92 Å². The van der Waals surface area contributed by atoms with Crippen LogP contribution in [0.5, 0.6) is 0 Å². The van der Waals surface area contributed by atoms with Crippen LogP contribution in [-0.2, 0) is 0 Å². The summed E-state index contributed by atoms with van der Waals surface area (Å²) in [7, 11) is 0. The summed E-state index contributed by atoms with van der Waals surface area (Å²) in [6, 6.07) is 6.57. The molecule has 0 saturated carbocycles. The maximum Gasteiger partial charge on any atom is 0.0572 e. The quantitative estimate of drug-likeness (QED) is 0.843. The first kappa shape index (κ1) is 11.6. The Labute approximate surface area is 97.7 Å². The second kappa shape index (κ2) is 5.41. The Balaban J connectivity index is 1.94. The minimum absolute atomic E-state index is 0.430. The molecule has 0 amide bonds. The maximum atomic E-state index is 5.71. The van der Waals surface area contributed by atoms with Crippen LogP contribution in [0.1, 0.15) is 31.5 Å². The van der Waals surface area contributed by atoms with Crippen LogP contribution >= 0.6 is 0 Å². The van der Waals surface area contributed by atoms with Gasteiger partial charge in [-0.05, 0) is 57.5 Å². The normalized spacial score (nSPS) is 20.9. The maximum absolute atomic E-state index is 5.71. The van der Waals surface area contributed by atoms with E-state index in [9.17, 15) is 0 Å². The van der Waals surface area contributed by atoms with Crippen LogP contribution in [0.3, 0.4) is 0 Å². The molecule has 1 fully saturated rings. The number of nitrogens with two attached hydrogens (primary N) is 1. The lowest BCUT2D eigenvalue weighted by Crippen LogP contribution is -2.37. The van der Waals surface area contributed by atoms with E-state index < -0.39 is 0 Å². The summed E-state index contributed by atoms with van der Waals surface area (Å²) >= 11 is 0.